The van der Waals surface area contributed by atoms with Gasteiger partial charge in [-0.25, -0.2) is 21.6 Å². The first-order valence-electron chi connectivity index (χ1n) is 5.99. The van der Waals surface area contributed by atoms with Gasteiger partial charge in [-0.15, -0.1) is 22.7 Å². The van der Waals surface area contributed by atoms with E-state index in [0.717, 1.165) is 28.9 Å². The van der Waals surface area contributed by atoms with E-state index < -0.39 is 19.9 Å². The summed E-state index contributed by atoms with van der Waals surface area (Å²) in [6.45, 7) is 1.36. The van der Waals surface area contributed by atoms with Crippen LogP contribution in [0.4, 0.5) is 0 Å². The molecule has 2 aromatic heterocycles. The molecule has 2 rings (SSSR count). The third kappa shape index (κ3) is 4.02. The van der Waals surface area contributed by atoms with E-state index in [0.29, 0.717) is 9.75 Å². The predicted molar refractivity (Wildman–Crippen MR) is 85.8 cm³/mol. The van der Waals surface area contributed by atoms with E-state index in [-0.39, 0.29) is 20.7 Å². The Morgan fingerprint density at radius 1 is 1.05 bits per heavy atom. The molecule has 0 aromatic carbocycles. The molecule has 0 atom stereocenters. The van der Waals surface area contributed by atoms with Crippen molar-refractivity contribution in [2.75, 3.05) is 6.26 Å². The first kappa shape index (κ1) is 17.3. The van der Waals surface area contributed by atoms with Gasteiger partial charge in [0.1, 0.15) is 8.42 Å². The van der Waals surface area contributed by atoms with Crippen LogP contribution in [0.15, 0.2) is 32.7 Å². The van der Waals surface area contributed by atoms with Gasteiger partial charge in [0, 0.05) is 17.7 Å². The fourth-order valence-electron chi connectivity index (χ4n) is 1.54. The average molecular weight is 380 g/mol. The van der Waals surface area contributed by atoms with Crippen molar-refractivity contribution in [2.45, 2.75) is 21.9 Å². The van der Waals surface area contributed by atoms with E-state index in [1.807, 2.05) is 0 Å². The second-order valence-corrected chi connectivity index (χ2v) is 11.0. The third-order valence-electron chi connectivity index (χ3n) is 2.63. The molecule has 0 fully saturated rings. The molecule has 0 aliphatic heterocycles. The molecule has 0 radical (unpaired) electrons. The molecular formula is C12H13NO5S4. The monoisotopic (exact) mass is 379 g/mol. The number of ketones is 1. The SMILES string of the molecule is CC(=O)c1ccc(S(=O)(=O)NCc2ccc(S(C)(=O)=O)s2)s1. The Bertz CT molecular complexity index is 905. The largest absolute Gasteiger partial charge is 0.294 e. The van der Waals surface area contributed by atoms with Crippen LogP contribution in [-0.4, -0.2) is 28.9 Å². The van der Waals surface area contributed by atoms with Crippen molar-refractivity contribution in [3.8, 4) is 0 Å². The Hall–Kier alpha value is -1.07. The molecule has 0 aliphatic rings. The maximum atomic E-state index is 12.1. The highest BCUT2D eigenvalue weighted by atomic mass is 32.2. The van der Waals surface area contributed by atoms with E-state index >= 15 is 0 Å². The zero-order valence-electron chi connectivity index (χ0n) is 11.7. The maximum Gasteiger partial charge on any atom is 0.250 e. The van der Waals surface area contributed by atoms with E-state index in [9.17, 15) is 21.6 Å². The Balaban J connectivity index is 2.12. The zero-order chi connectivity index (χ0) is 16.5. The van der Waals surface area contributed by atoms with Gasteiger partial charge in [-0.2, -0.15) is 0 Å². The van der Waals surface area contributed by atoms with Crippen molar-refractivity contribution < 1.29 is 21.6 Å². The normalized spacial score (nSPS) is 12.5. The molecule has 0 spiro atoms. The van der Waals surface area contributed by atoms with Crippen LogP contribution in [-0.2, 0) is 26.4 Å². The molecule has 1 N–H and O–H groups in total. The van der Waals surface area contributed by atoms with Gasteiger partial charge in [-0.1, -0.05) is 0 Å². The predicted octanol–water partition coefficient (Wildman–Crippen LogP) is 1.89. The molecule has 0 saturated heterocycles. The Kier molecular flexibility index (Phi) is 4.87. The highest BCUT2D eigenvalue weighted by molar-refractivity contribution is 7.92. The Morgan fingerprint density at radius 2 is 1.68 bits per heavy atom. The number of carbonyl (C=O) groups is 1. The summed E-state index contributed by atoms with van der Waals surface area (Å²) in [5.74, 6) is -0.192. The van der Waals surface area contributed by atoms with E-state index in [1.54, 1.807) is 6.07 Å². The molecule has 0 unspecified atom stereocenters. The molecule has 2 aromatic rings. The number of Topliss-reactive ketones (excluding diaryl/α,β-unsaturated/α-hetero) is 1. The summed E-state index contributed by atoms with van der Waals surface area (Å²) in [6, 6.07) is 5.86. The first-order chi connectivity index (χ1) is 10.1. The zero-order valence-corrected chi connectivity index (χ0v) is 15.0. The van der Waals surface area contributed by atoms with Crippen LogP contribution in [0.2, 0.25) is 0 Å². The molecule has 120 valence electrons. The molecule has 0 saturated carbocycles. The molecule has 0 amide bonds. The number of carbonyl (C=O) groups excluding carboxylic acids is 1. The van der Waals surface area contributed by atoms with Crippen LogP contribution >= 0.6 is 22.7 Å². The summed E-state index contributed by atoms with van der Waals surface area (Å²) in [4.78, 5) is 12.2. The maximum absolute atomic E-state index is 12.1. The van der Waals surface area contributed by atoms with Gasteiger partial charge < -0.3 is 0 Å². The minimum atomic E-state index is -3.72. The van der Waals surface area contributed by atoms with Crippen molar-refractivity contribution in [3.05, 3.63) is 34.0 Å². The molecular weight excluding hydrogens is 366 g/mol. The van der Waals surface area contributed by atoms with E-state index in [2.05, 4.69) is 4.72 Å². The topological polar surface area (TPSA) is 97.4 Å². The van der Waals surface area contributed by atoms with Crippen LogP contribution in [0, 0.1) is 0 Å². The summed E-state index contributed by atoms with van der Waals surface area (Å²) < 4.78 is 49.6. The number of hydrogen-bond acceptors (Lipinski definition) is 7. The molecule has 0 bridgehead atoms. The van der Waals surface area contributed by atoms with Gasteiger partial charge in [0.05, 0.1) is 4.88 Å². The summed E-state index contributed by atoms with van der Waals surface area (Å²) in [7, 11) is -7.01. The molecule has 0 aliphatic carbocycles. The fourth-order valence-corrected chi connectivity index (χ4v) is 5.80. The number of rotatable bonds is 6. The second-order valence-electron chi connectivity index (χ2n) is 4.49. The smallest absolute Gasteiger partial charge is 0.250 e. The summed E-state index contributed by atoms with van der Waals surface area (Å²) in [6.07, 6.45) is 1.10. The van der Waals surface area contributed by atoms with Gasteiger partial charge >= 0.3 is 0 Å². The van der Waals surface area contributed by atoms with Gasteiger partial charge in [0.15, 0.2) is 15.6 Å². The van der Waals surface area contributed by atoms with Crippen molar-refractivity contribution >= 4 is 48.3 Å². The van der Waals surface area contributed by atoms with Crippen molar-refractivity contribution in [1.82, 2.24) is 4.72 Å². The summed E-state index contributed by atoms with van der Waals surface area (Å²) in [5.41, 5.74) is 0. The van der Waals surface area contributed by atoms with Gasteiger partial charge in [-0.3, -0.25) is 4.79 Å². The second kappa shape index (κ2) is 6.20. The third-order valence-corrected chi connectivity index (χ3v) is 8.62. The lowest BCUT2D eigenvalue weighted by atomic mass is 10.4. The summed E-state index contributed by atoms with van der Waals surface area (Å²) >= 11 is 1.92. The Morgan fingerprint density at radius 3 is 2.18 bits per heavy atom. The summed E-state index contributed by atoms with van der Waals surface area (Å²) in [5, 5.41) is 0. The number of sulfone groups is 1. The number of thiophene rings is 2. The lowest BCUT2D eigenvalue weighted by Crippen LogP contribution is -2.21. The highest BCUT2D eigenvalue weighted by Gasteiger charge is 2.18. The van der Waals surface area contributed by atoms with Gasteiger partial charge in [0.2, 0.25) is 10.0 Å². The van der Waals surface area contributed by atoms with Crippen molar-refractivity contribution in [1.29, 1.82) is 0 Å². The van der Waals surface area contributed by atoms with Gasteiger partial charge in [-0.05, 0) is 31.2 Å². The minimum Gasteiger partial charge on any atom is -0.294 e. The minimum absolute atomic E-state index is 0.00414. The quantitative estimate of drug-likeness (QED) is 0.773. The van der Waals surface area contributed by atoms with Crippen LogP contribution in [0.25, 0.3) is 0 Å². The molecule has 10 heteroatoms. The standard InChI is InChI=1S/C12H13NO5S4/c1-8(14)10-4-6-12(20-10)22(17,18)13-7-9-3-5-11(19-9)21(2,15)16/h3-6,13H,7H2,1-2H3. The molecule has 6 nitrogen and oxygen atoms in total. The van der Waals surface area contributed by atoms with Crippen molar-refractivity contribution in [3.63, 3.8) is 0 Å². The van der Waals surface area contributed by atoms with Crippen LogP contribution < -0.4 is 4.72 Å². The number of hydrogen-bond donors (Lipinski definition) is 1. The molecule has 22 heavy (non-hydrogen) atoms. The lowest BCUT2D eigenvalue weighted by Gasteiger charge is -2.02. The lowest BCUT2D eigenvalue weighted by molar-refractivity contribution is 0.102. The first-order valence-corrected chi connectivity index (χ1v) is 11.0. The van der Waals surface area contributed by atoms with Crippen molar-refractivity contribution in [2.24, 2.45) is 0 Å². The van der Waals surface area contributed by atoms with Crippen LogP contribution in [0.1, 0.15) is 21.5 Å². The van der Waals surface area contributed by atoms with Gasteiger partial charge in [0.25, 0.3) is 0 Å². The number of nitrogens with one attached hydrogen (secondary N) is 1. The highest BCUT2D eigenvalue weighted by Crippen LogP contribution is 2.24. The number of sulfonamides is 1. The fraction of sp³-hybridized carbons (Fsp3) is 0.250. The molecule has 2 heterocycles. The Labute approximate surface area is 136 Å². The van der Waals surface area contributed by atoms with Crippen LogP contribution in [0.5, 0.6) is 0 Å². The van der Waals surface area contributed by atoms with E-state index in [1.165, 1.54) is 25.1 Å². The van der Waals surface area contributed by atoms with E-state index in [4.69, 9.17) is 0 Å². The average Bonchev–Trinajstić information content (AvgIpc) is 3.05. The van der Waals surface area contributed by atoms with Crippen LogP contribution in [0.3, 0.4) is 0 Å².